The highest BCUT2D eigenvalue weighted by Gasteiger charge is 2.60. The van der Waals surface area contributed by atoms with Crippen molar-refractivity contribution in [2.45, 2.75) is 88.6 Å². The number of ketones is 1. The molecule has 184 valence electrons. The number of Topliss-reactive ketones (excluding diaryl/α,β-unsaturated/α-hetero) is 1. The van der Waals surface area contributed by atoms with Crippen LogP contribution in [0, 0.1) is 40.9 Å². The van der Waals surface area contributed by atoms with Crippen LogP contribution in [-0.2, 0) is 20.9 Å². The maximum atomic E-state index is 15.4. The summed E-state index contributed by atoms with van der Waals surface area (Å²) in [4.78, 5) is 13.4. The van der Waals surface area contributed by atoms with E-state index in [9.17, 15) is 14.1 Å². The number of alkyl halides is 1. The highest BCUT2D eigenvalue weighted by Crippen LogP contribution is 2.65. The Labute approximate surface area is 197 Å². The number of nitrogens with zero attached hydrogens (tertiary/aromatic N) is 2. The second-order valence-electron chi connectivity index (χ2n) is 12.3. The summed E-state index contributed by atoms with van der Waals surface area (Å²) < 4.78 is 29.2. The number of rotatable bonds is 4. The zero-order valence-electron chi connectivity index (χ0n) is 20.2. The van der Waals surface area contributed by atoms with Gasteiger partial charge < -0.3 is 5.11 Å². The Morgan fingerprint density at radius 3 is 2.61 bits per heavy atom. The molecule has 1 N–H and O–H groups in total. The van der Waals surface area contributed by atoms with Crippen molar-refractivity contribution in [3.05, 3.63) is 12.3 Å². The fourth-order valence-corrected chi connectivity index (χ4v) is 9.09. The average molecular weight is 479 g/mol. The highest BCUT2D eigenvalue weighted by molar-refractivity contribution is 7.99. The van der Waals surface area contributed by atoms with Crippen LogP contribution >= 0.6 is 0 Å². The smallest absolute Gasteiger partial charge is 0.157 e. The molecule has 0 aromatic carbocycles. The van der Waals surface area contributed by atoms with Crippen LogP contribution in [0.1, 0.15) is 65.2 Å². The fourth-order valence-electron chi connectivity index (χ4n) is 8.46. The second-order valence-corrected chi connectivity index (χ2v) is 14.7. The number of hydrogen-bond donors (Lipinski definition) is 1. The Hall–Kier alpha value is -1.21. The van der Waals surface area contributed by atoms with Crippen LogP contribution in [0.3, 0.4) is 0 Å². The van der Waals surface area contributed by atoms with Crippen LogP contribution in [0.4, 0.5) is 4.39 Å². The molecule has 4 aliphatic carbocycles. The lowest BCUT2D eigenvalue weighted by Gasteiger charge is -2.57. The van der Waals surface area contributed by atoms with E-state index in [1.54, 1.807) is 23.2 Å². The van der Waals surface area contributed by atoms with Crippen molar-refractivity contribution in [1.29, 1.82) is 0 Å². The predicted molar refractivity (Wildman–Crippen MR) is 128 cm³/mol. The summed E-state index contributed by atoms with van der Waals surface area (Å²) in [6, 6.07) is 1.69. The van der Waals surface area contributed by atoms with Gasteiger partial charge in [0.25, 0.3) is 0 Å². The van der Waals surface area contributed by atoms with Gasteiger partial charge in [0.1, 0.15) is 11.2 Å². The van der Waals surface area contributed by atoms with Gasteiger partial charge in [0.05, 0.1) is 12.1 Å². The van der Waals surface area contributed by atoms with Gasteiger partial charge >= 0.3 is 0 Å². The number of fused-ring (bicyclic) bond motifs is 5. The van der Waals surface area contributed by atoms with E-state index in [4.69, 9.17) is 0 Å². The summed E-state index contributed by atoms with van der Waals surface area (Å²) in [6.45, 7) is 4.34. The summed E-state index contributed by atoms with van der Waals surface area (Å²) in [6.07, 6.45) is 9.31. The topological polar surface area (TPSA) is 72.2 Å². The van der Waals surface area contributed by atoms with Gasteiger partial charge in [-0.05, 0) is 105 Å². The number of aromatic nitrogens is 2. The number of aliphatic hydroxyl groups is 1. The van der Waals surface area contributed by atoms with Gasteiger partial charge in [0.2, 0.25) is 0 Å². The fraction of sp³-hybridized carbons (Fsp3) is 0.808. The largest absolute Gasteiger partial charge is 0.390 e. The van der Waals surface area contributed by atoms with Crippen LogP contribution in [0.25, 0.3) is 0 Å². The number of halogens is 1. The highest BCUT2D eigenvalue weighted by atomic mass is 32.2. The van der Waals surface area contributed by atoms with Gasteiger partial charge in [-0.1, -0.05) is 6.92 Å². The standard InChI is InChI=1S/C26H39FN2O3S/c1-25(31)10-7-17-16-8-11-26(2)20(18(16)13-22(27)19(17)14-25)5-6-21(26)23(30)15-29-12-9-24(28-29)33(3,4)32/h9,12,16-22,31H,3,5-8,10-11,13-15H2,1-2,4H3/t16-,17-,18-,19+,20+,21-,22-,25-,26+,33?/m1/s1. The van der Waals surface area contributed by atoms with Crippen molar-refractivity contribution in [2.24, 2.45) is 40.9 Å². The normalized spacial score (nSPS) is 46.6. The molecular weight excluding hydrogens is 439 g/mol. The van der Waals surface area contributed by atoms with Gasteiger partial charge in [0.15, 0.2) is 5.78 Å². The Morgan fingerprint density at radius 2 is 1.91 bits per heavy atom. The Kier molecular flexibility index (Phi) is 5.64. The van der Waals surface area contributed by atoms with Gasteiger partial charge in [-0.2, -0.15) is 5.10 Å². The molecule has 0 aliphatic heterocycles. The van der Waals surface area contributed by atoms with E-state index in [1.165, 1.54) is 0 Å². The molecule has 4 fully saturated rings. The first kappa shape index (κ1) is 23.5. The minimum atomic E-state index is -2.40. The third kappa shape index (κ3) is 4.01. The Bertz CT molecular complexity index is 1030. The number of carbonyl (C=O) groups excluding carboxylic acids is 1. The lowest BCUT2D eigenvalue weighted by Crippen LogP contribution is -2.54. The first-order valence-electron chi connectivity index (χ1n) is 12.6. The van der Waals surface area contributed by atoms with Crippen LogP contribution in [0.15, 0.2) is 17.3 Å². The van der Waals surface area contributed by atoms with E-state index >= 15 is 4.39 Å². The van der Waals surface area contributed by atoms with Crippen molar-refractivity contribution in [1.82, 2.24) is 9.78 Å². The first-order valence-corrected chi connectivity index (χ1v) is 14.8. The molecule has 1 aromatic heterocycles. The maximum absolute atomic E-state index is 15.4. The van der Waals surface area contributed by atoms with Crippen molar-refractivity contribution in [3.63, 3.8) is 0 Å². The Morgan fingerprint density at radius 1 is 1.21 bits per heavy atom. The quantitative estimate of drug-likeness (QED) is 0.661. The van der Waals surface area contributed by atoms with Crippen LogP contribution in [-0.4, -0.2) is 48.8 Å². The number of carbonyl (C=O) groups is 1. The molecule has 0 amide bonds. The lowest BCUT2D eigenvalue weighted by atomic mass is 9.48. The molecule has 0 saturated heterocycles. The zero-order chi connectivity index (χ0) is 23.8. The summed E-state index contributed by atoms with van der Waals surface area (Å²) in [5.74, 6) is 5.51. The third-order valence-corrected chi connectivity index (χ3v) is 11.1. The molecule has 0 radical (unpaired) electrons. The van der Waals surface area contributed by atoms with Crippen LogP contribution in [0.5, 0.6) is 0 Å². The maximum Gasteiger partial charge on any atom is 0.157 e. The molecule has 5 rings (SSSR count). The van der Waals surface area contributed by atoms with Crippen molar-refractivity contribution in [2.75, 3.05) is 6.26 Å². The molecule has 4 aliphatic rings. The van der Waals surface area contributed by atoms with E-state index in [0.717, 1.165) is 38.5 Å². The van der Waals surface area contributed by atoms with Gasteiger partial charge in [-0.3, -0.25) is 13.7 Å². The number of hydrogen-bond acceptors (Lipinski definition) is 4. The molecule has 1 aromatic rings. The third-order valence-electron chi connectivity index (χ3n) is 10.0. The van der Waals surface area contributed by atoms with Crippen LogP contribution < -0.4 is 0 Å². The second kappa shape index (κ2) is 7.91. The van der Waals surface area contributed by atoms with Crippen molar-refractivity contribution < 1.29 is 18.5 Å². The average Bonchev–Trinajstić information content (AvgIpc) is 3.32. The lowest BCUT2D eigenvalue weighted by molar-refractivity contribution is -0.139. The Balaban J connectivity index is 1.32. The zero-order valence-corrected chi connectivity index (χ0v) is 21.0. The van der Waals surface area contributed by atoms with Crippen molar-refractivity contribution >= 4 is 21.2 Å². The molecule has 4 saturated carbocycles. The molecule has 0 spiro atoms. The molecule has 1 heterocycles. The molecule has 33 heavy (non-hydrogen) atoms. The minimum Gasteiger partial charge on any atom is -0.390 e. The summed E-state index contributed by atoms with van der Waals surface area (Å²) >= 11 is 0. The van der Waals surface area contributed by atoms with E-state index in [-0.39, 0.29) is 29.6 Å². The molecular formula is C26H39FN2O3S. The minimum absolute atomic E-state index is 0.00548. The predicted octanol–water partition coefficient (Wildman–Crippen LogP) is 4.13. The van der Waals surface area contributed by atoms with E-state index in [2.05, 4.69) is 17.9 Å². The van der Waals surface area contributed by atoms with Gasteiger partial charge in [0, 0.05) is 27.9 Å². The monoisotopic (exact) mass is 478 g/mol. The van der Waals surface area contributed by atoms with E-state index in [0.29, 0.717) is 41.5 Å². The van der Waals surface area contributed by atoms with E-state index in [1.807, 2.05) is 6.92 Å². The molecule has 7 heteroatoms. The first-order chi connectivity index (χ1) is 15.4. The molecule has 10 atom stereocenters. The summed E-state index contributed by atoms with van der Waals surface area (Å²) in [7, 11) is -2.40. The summed E-state index contributed by atoms with van der Waals surface area (Å²) in [5, 5.41) is 15.3. The SMILES string of the molecule is C=S(C)(=O)c1ccn(CC(=O)[C@H]2CC[C@H]3[C@@H]4C[C@@H](F)[C@H]5C[C@](C)(O)CC[C@@H]5[C@H]4CC[C@]23C)n1. The van der Waals surface area contributed by atoms with Gasteiger partial charge in [-0.15, -0.1) is 0 Å². The van der Waals surface area contributed by atoms with E-state index < -0.39 is 21.3 Å². The van der Waals surface area contributed by atoms with Crippen molar-refractivity contribution in [3.8, 4) is 0 Å². The van der Waals surface area contributed by atoms with Gasteiger partial charge in [-0.25, -0.2) is 4.39 Å². The molecule has 0 bridgehead atoms. The molecule has 5 nitrogen and oxygen atoms in total. The molecule has 1 unspecified atom stereocenters. The van der Waals surface area contributed by atoms with Crippen LogP contribution in [0.2, 0.25) is 0 Å². The summed E-state index contributed by atoms with van der Waals surface area (Å²) in [5.41, 5.74) is -0.802.